The highest BCUT2D eigenvalue weighted by Gasteiger charge is 2.17. The van der Waals surface area contributed by atoms with Crippen LogP contribution < -0.4 is 15.4 Å². The van der Waals surface area contributed by atoms with Crippen LogP contribution in [0.15, 0.2) is 49.1 Å². The number of amides is 1. The predicted octanol–water partition coefficient (Wildman–Crippen LogP) is 5.75. The van der Waals surface area contributed by atoms with Gasteiger partial charge in [-0.25, -0.2) is 4.98 Å². The number of hydrogen-bond donors (Lipinski definition) is 2. The molecule has 2 heterocycles. The Kier molecular flexibility index (Phi) is 6.27. The zero-order valence-electron chi connectivity index (χ0n) is 17.4. The molecule has 0 saturated heterocycles. The van der Waals surface area contributed by atoms with Crippen LogP contribution in [0, 0.1) is 6.92 Å². The zero-order chi connectivity index (χ0) is 22.0. The number of carbonyl (C=O) groups excluding carboxylic acids is 1. The quantitative estimate of drug-likeness (QED) is 0.464. The largest absolute Gasteiger partial charge is 0.443 e. The molecule has 2 aromatic carbocycles. The van der Waals surface area contributed by atoms with E-state index in [1.807, 2.05) is 0 Å². The molecule has 0 spiro atoms. The minimum atomic E-state index is -0.286. The van der Waals surface area contributed by atoms with Gasteiger partial charge >= 0.3 is 0 Å². The summed E-state index contributed by atoms with van der Waals surface area (Å²) in [7, 11) is 2.15. The first-order valence-corrected chi connectivity index (χ1v) is 11.1. The van der Waals surface area contributed by atoms with Crippen LogP contribution >= 0.6 is 22.9 Å². The molecule has 0 aliphatic carbocycles. The van der Waals surface area contributed by atoms with Crippen molar-refractivity contribution in [2.45, 2.75) is 19.9 Å². The zero-order valence-corrected chi connectivity index (χ0v) is 18.9. The van der Waals surface area contributed by atoms with E-state index in [4.69, 9.17) is 16.3 Å². The van der Waals surface area contributed by atoms with Crippen molar-refractivity contribution >= 4 is 45.4 Å². The Balaban J connectivity index is 1.51. The van der Waals surface area contributed by atoms with Gasteiger partial charge in [-0.2, -0.15) is 0 Å². The van der Waals surface area contributed by atoms with E-state index in [0.29, 0.717) is 21.6 Å². The van der Waals surface area contributed by atoms with E-state index in [9.17, 15) is 4.79 Å². The Bertz CT molecular complexity index is 1140. The average molecular weight is 455 g/mol. The second kappa shape index (κ2) is 9.09. The predicted molar refractivity (Wildman–Crippen MR) is 127 cm³/mol. The van der Waals surface area contributed by atoms with E-state index in [0.717, 1.165) is 30.8 Å². The van der Waals surface area contributed by atoms with Gasteiger partial charge in [-0.15, -0.1) is 0 Å². The molecule has 0 unspecified atom stereocenters. The molecule has 3 aromatic rings. The molecule has 0 saturated carbocycles. The second-order valence-electron chi connectivity index (χ2n) is 7.47. The van der Waals surface area contributed by atoms with Crippen LogP contribution in [0.2, 0.25) is 5.15 Å². The normalized spacial score (nSPS) is 13.4. The lowest BCUT2D eigenvalue weighted by molar-refractivity contribution is -0.111. The molecule has 1 aromatic heterocycles. The van der Waals surface area contributed by atoms with E-state index in [1.54, 1.807) is 24.3 Å². The Morgan fingerprint density at radius 3 is 2.97 bits per heavy atom. The number of anilines is 3. The minimum absolute atomic E-state index is 0.283. The summed E-state index contributed by atoms with van der Waals surface area (Å²) in [5.41, 5.74) is 5.53. The molecule has 0 bridgehead atoms. The number of aryl methyl sites for hydroxylation is 1. The van der Waals surface area contributed by atoms with Gasteiger partial charge in [-0.05, 0) is 61.4 Å². The third kappa shape index (κ3) is 5.07. The van der Waals surface area contributed by atoms with Crippen molar-refractivity contribution in [2.75, 3.05) is 24.2 Å². The lowest BCUT2D eigenvalue weighted by Crippen LogP contribution is -2.26. The van der Waals surface area contributed by atoms with E-state index < -0.39 is 0 Å². The fraction of sp³-hybridized carbons (Fsp3) is 0.217. The highest BCUT2D eigenvalue weighted by molar-refractivity contribution is 7.18. The topological polar surface area (TPSA) is 66.5 Å². The molecule has 6 nitrogen and oxygen atoms in total. The Morgan fingerprint density at radius 2 is 2.16 bits per heavy atom. The van der Waals surface area contributed by atoms with Gasteiger partial charge in [-0.1, -0.05) is 41.6 Å². The number of aromatic nitrogens is 1. The SMILES string of the molecule is C=CC(=O)Nc1cccc(Oc2sc(Nc3cc4c(cc3C)CN(C)CC4)nc2Cl)c1. The number of halogens is 1. The van der Waals surface area contributed by atoms with Crippen LogP contribution in [0.3, 0.4) is 0 Å². The summed E-state index contributed by atoms with van der Waals surface area (Å²) in [6.45, 7) is 7.58. The second-order valence-corrected chi connectivity index (χ2v) is 8.79. The maximum atomic E-state index is 11.5. The number of ether oxygens (including phenoxy) is 1. The van der Waals surface area contributed by atoms with Crippen LogP contribution in [0.4, 0.5) is 16.5 Å². The van der Waals surface area contributed by atoms with E-state index in [2.05, 4.69) is 53.2 Å². The number of fused-ring (bicyclic) bond motifs is 1. The Morgan fingerprint density at radius 1 is 1.32 bits per heavy atom. The Hall–Kier alpha value is -2.87. The van der Waals surface area contributed by atoms with Gasteiger partial charge < -0.3 is 20.3 Å². The van der Waals surface area contributed by atoms with E-state index in [-0.39, 0.29) is 11.1 Å². The lowest BCUT2D eigenvalue weighted by atomic mass is 9.97. The third-order valence-corrected chi connectivity index (χ3v) is 6.26. The average Bonchev–Trinajstić information content (AvgIpc) is 3.07. The summed E-state index contributed by atoms with van der Waals surface area (Å²) in [5, 5.41) is 7.52. The summed E-state index contributed by atoms with van der Waals surface area (Å²) in [4.78, 5) is 18.2. The molecule has 2 N–H and O–H groups in total. The van der Waals surface area contributed by atoms with Gasteiger partial charge in [0.1, 0.15) is 5.75 Å². The number of nitrogens with one attached hydrogen (secondary N) is 2. The van der Waals surface area contributed by atoms with Crippen molar-refractivity contribution in [3.63, 3.8) is 0 Å². The number of nitrogens with zero attached hydrogens (tertiary/aromatic N) is 2. The van der Waals surface area contributed by atoms with Crippen molar-refractivity contribution < 1.29 is 9.53 Å². The summed E-state index contributed by atoms with van der Waals surface area (Å²) in [5.74, 6) is 0.263. The molecule has 4 rings (SSSR count). The minimum Gasteiger partial charge on any atom is -0.443 e. The van der Waals surface area contributed by atoms with Crippen LogP contribution in [-0.2, 0) is 17.8 Å². The molecule has 1 aliphatic rings. The molecular weight excluding hydrogens is 432 g/mol. The smallest absolute Gasteiger partial charge is 0.247 e. The fourth-order valence-corrected chi connectivity index (χ4v) is 4.50. The Labute approximate surface area is 190 Å². The maximum absolute atomic E-state index is 11.5. The molecular formula is C23H23ClN4O2S. The fourth-order valence-electron chi connectivity index (χ4n) is 3.47. The molecule has 1 amide bonds. The van der Waals surface area contributed by atoms with Crippen molar-refractivity contribution in [1.29, 1.82) is 0 Å². The molecule has 8 heteroatoms. The molecule has 0 fully saturated rings. The number of benzene rings is 2. The number of carbonyl (C=O) groups is 1. The molecule has 0 atom stereocenters. The van der Waals surface area contributed by atoms with Crippen LogP contribution in [0.5, 0.6) is 10.8 Å². The standard InChI is InChI=1S/C23H23ClN4O2S/c1-4-20(29)25-17-6-5-7-18(12-17)30-22-21(24)27-23(31-22)26-19-11-15-8-9-28(3)13-16(15)10-14(19)2/h4-7,10-12H,1,8-9,13H2,2-3H3,(H,25,29)(H,26,27). The number of hydrogen-bond acceptors (Lipinski definition) is 6. The van der Waals surface area contributed by atoms with Crippen molar-refractivity contribution in [3.05, 3.63) is 70.9 Å². The van der Waals surface area contributed by atoms with Gasteiger partial charge in [-0.3, -0.25) is 4.79 Å². The number of thiazole rings is 1. The lowest BCUT2D eigenvalue weighted by Gasteiger charge is -2.26. The van der Waals surface area contributed by atoms with Gasteiger partial charge in [0.05, 0.1) is 0 Å². The first kappa shape index (κ1) is 21.4. The third-order valence-electron chi connectivity index (χ3n) is 5.05. The first-order valence-electron chi connectivity index (χ1n) is 9.87. The molecule has 31 heavy (non-hydrogen) atoms. The van der Waals surface area contributed by atoms with Crippen LogP contribution in [0.25, 0.3) is 0 Å². The van der Waals surface area contributed by atoms with E-state index >= 15 is 0 Å². The van der Waals surface area contributed by atoms with Crippen LogP contribution in [0.1, 0.15) is 16.7 Å². The van der Waals surface area contributed by atoms with Crippen molar-refractivity contribution in [1.82, 2.24) is 9.88 Å². The first-order chi connectivity index (χ1) is 14.9. The molecule has 0 radical (unpaired) electrons. The van der Waals surface area contributed by atoms with Gasteiger partial charge in [0, 0.05) is 30.5 Å². The molecule has 1 aliphatic heterocycles. The highest BCUT2D eigenvalue weighted by atomic mass is 35.5. The monoisotopic (exact) mass is 454 g/mol. The maximum Gasteiger partial charge on any atom is 0.247 e. The number of rotatable bonds is 6. The summed E-state index contributed by atoms with van der Waals surface area (Å²) < 4.78 is 5.92. The molecule has 160 valence electrons. The highest BCUT2D eigenvalue weighted by Crippen LogP contribution is 2.40. The van der Waals surface area contributed by atoms with Gasteiger partial charge in [0.2, 0.25) is 11.0 Å². The summed E-state index contributed by atoms with van der Waals surface area (Å²) in [6, 6.07) is 11.5. The summed E-state index contributed by atoms with van der Waals surface area (Å²) >= 11 is 7.66. The van der Waals surface area contributed by atoms with Crippen molar-refractivity contribution in [2.24, 2.45) is 0 Å². The number of likely N-dealkylation sites (N-methyl/N-ethyl adjacent to an activating group) is 1. The van der Waals surface area contributed by atoms with Crippen molar-refractivity contribution in [3.8, 4) is 10.8 Å². The van der Waals surface area contributed by atoms with Gasteiger partial charge in [0.25, 0.3) is 0 Å². The van der Waals surface area contributed by atoms with Crippen LogP contribution in [-0.4, -0.2) is 29.4 Å². The van der Waals surface area contributed by atoms with Gasteiger partial charge in [0.15, 0.2) is 10.3 Å². The van der Waals surface area contributed by atoms with E-state index in [1.165, 1.54) is 28.5 Å². The summed E-state index contributed by atoms with van der Waals surface area (Å²) in [6.07, 6.45) is 2.25.